The summed E-state index contributed by atoms with van der Waals surface area (Å²) in [5.74, 6) is -0.0806. The second-order valence-electron chi connectivity index (χ2n) is 8.93. The van der Waals surface area contributed by atoms with Gasteiger partial charge in [0.05, 0.1) is 5.41 Å². The number of rotatable bonds is 9. The third kappa shape index (κ3) is 4.95. The van der Waals surface area contributed by atoms with Crippen molar-refractivity contribution in [3.05, 3.63) is 35.9 Å². The maximum atomic E-state index is 12.3. The molecule has 2 N–H and O–H groups in total. The first-order valence-electron chi connectivity index (χ1n) is 10.5. The average molecular weight is 391 g/mol. The Hall–Kier alpha value is -1.84. The second-order valence-corrected chi connectivity index (χ2v) is 8.93. The zero-order chi connectivity index (χ0) is 21.5. The topological polar surface area (TPSA) is 74.6 Å². The third-order valence-electron chi connectivity index (χ3n) is 6.60. The van der Waals surface area contributed by atoms with Gasteiger partial charge in [0, 0.05) is 6.42 Å². The Morgan fingerprint density at radius 3 is 2.00 bits per heavy atom. The highest BCUT2D eigenvalue weighted by Crippen LogP contribution is 2.76. The van der Waals surface area contributed by atoms with Gasteiger partial charge in [0.25, 0.3) is 0 Å². The normalized spacial score (nSPS) is 25.9. The quantitative estimate of drug-likeness (QED) is 0.550. The Kier molecular flexibility index (Phi) is 8.72. The molecular formula is C24H38O4. The molecule has 1 aliphatic rings. The van der Waals surface area contributed by atoms with Crippen molar-refractivity contribution in [3.63, 3.8) is 0 Å². The molecule has 0 radical (unpaired) electrons. The molecule has 0 amide bonds. The van der Waals surface area contributed by atoms with Crippen LogP contribution in [0.25, 0.3) is 0 Å². The molecule has 1 saturated carbocycles. The number of carboxylic acid groups (broad SMARTS) is 2. The highest BCUT2D eigenvalue weighted by atomic mass is 16.4. The summed E-state index contributed by atoms with van der Waals surface area (Å²) in [5, 5.41) is 18.0. The van der Waals surface area contributed by atoms with E-state index in [2.05, 4.69) is 46.8 Å². The summed E-state index contributed by atoms with van der Waals surface area (Å²) in [5.41, 5.74) is 0.472. The molecular weight excluding hydrogens is 352 g/mol. The molecule has 0 bridgehead atoms. The predicted molar refractivity (Wildman–Crippen MR) is 113 cm³/mol. The molecule has 0 heterocycles. The molecule has 0 aromatic heterocycles. The van der Waals surface area contributed by atoms with Crippen LogP contribution < -0.4 is 0 Å². The van der Waals surface area contributed by atoms with Crippen LogP contribution in [0.1, 0.15) is 72.8 Å². The molecule has 1 fully saturated rings. The van der Waals surface area contributed by atoms with Crippen molar-refractivity contribution < 1.29 is 19.8 Å². The molecule has 1 aromatic carbocycles. The Labute approximate surface area is 170 Å². The van der Waals surface area contributed by atoms with Gasteiger partial charge in [-0.1, -0.05) is 78.3 Å². The maximum absolute atomic E-state index is 12.3. The van der Waals surface area contributed by atoms with Crippen LogP contribution in [0.3, 0.4) is 0 Å². The second kappa shape index (κ2) is 10.1. The van der Waals surface area contributed by atoms with E-state index < -0.39 is 17.4 Å². The van der Waals surface area contributed by atoms with Gasteiger partial charge in [-0.25, -0.2) is 0 Å². The summed E-state index contributed by atoms with van der Waals surface area (Å²) in [7, 11) is 0. The van der Waals surface area contributed by atoms with Crippen LogP contribution in [0.5, 0.6) is 0 Å². The first kappa shape index (κ1) is 24.2. The maximum Gasteiger partial charge on any atom is 0.310 e. The Morgan fingerprint density at radius 2 is 1.64 bits per heavy atom. The zero-order valence-corrected chi connectivity index (χ0v) is 18.4. The fraction of sp³-hybridized carbons (Fsp3) is 0.667. The first-order chi connectivity index (χ1) is 13.1. The smallest absolute Gasteiger partial charge is 0.310 e. The largest absolute Gasteiger partial charge is 0.481 e. The number of hydrogen-bond donors (Lipinski definition) is 2. The van der Waals surface area contributed by atoms with Crippen molar-refractivity contribution in [2.45, 2.75) is 73.6 Å². The summed E-state index contributed by atoms with van der Waals surface area (Å²) in [6.07, 6.45) is 3.80. The number of hydrogen-bond acceptors (Lipinski definition) is 2. The van der Waals surface area contributed by atoms with Crippen LogP contribution in [0, 0.1) is 28.6 Å². The average Bonchev–Trinajstić information content (AvgIpc) is 3.14. The summed E-state index contributed by atoms with van der Waals surface area (Å²) in [6, 6.07) is 10.1. The summed E-state index contributed by atoms with van der Waals surface area (Å²) >= 11 is 0. The van der Waals surface area contributed by atoms with E-state index in [4.69, 9.17) is 5.11 Å². The summed E-state index contributed by atoms with van der Waals surface area (Å²) in [4.78, 5) is 21.9. The lowest BCUT2D eigenvalue weighted by atomic mass is 9.76. The van der Waals surface area contributed by atoms with E-state index in [0.717, 1.165) is 24.8 Å². The molecule has 0 aliphatic heterocycles. The molecule has 4 heteroatoms. The molecule has 2 rings (SSSR count). The lowest BCUT2D eigenvalue weighted by Crippen LogP contribution is -2.30. The van der Waals surface area contributed by atoms with Crippen LogP contribution in [-0.2, 0) is 16.0 Å². The van der Waals surface area contributed by atoms with Gasteiger partial charge in [-0.05, 0) is 48.0 Å². The van der Waals surface area contributed by atoms with Gasteiger partial charge < -0.3 is 10.2 Å². The minimum Gasteiger partial charge on any atom is -0.481 e. The third-order valence-corrected chi connectivity index (χ3v) is 6.60. The molecule has 1 aromatic rings. The Balaban J connectivity index is 0.000000568. The Bertz CT molecular complexity index is 637. The van der Waals surface area contributed by atoms with Crippen LogP contribution in [0.2, 0.25) is 0 Å². The van der Waals surface area contributed by atoms with Crippen molar-refractivity contribution in [2.75, 3.05) is 0 Å². The van der Waals surface area contributed by atoms with Crippen molar-refractivity contribution in [2.24, 2.45) is 28.6 Å². The van der Waals surface area contributed by atoms with Gasteiger partial charge >= 0.3 is 11.9 Å². The molecule has 0 saturated heterocycles. The first-order valence-corrected chi connectivity index (χ1v) is 10.5. The number of carbonyl (C=O) groups is 2. The van der Waals surface area contributed by atoms with E-state index in [1.54, 1.807) is 0 Å². The minimum absolute atomic E-state index is 0.0705. The Morgan fingerprint density at radius 1 is 1.07 bits per heavy atom. The van der Waals surface area contributed by atoms with Gasteiger partial charge in [0.15, 0.2) is 0 Å². The van der Waals surface area contributed by atoms with Crippen molar-refractivity contribution >= 4 is 11.9 Å². The minimum atomic E-state index is -0.711. The molecule has 3 atom stereocenters. The van der Waals surface area contributed by atoms with E-state index in [0.29, 0.717) is 24.7 Å². The van der Waals surface area contributed by atoms with Crippen LogP contribution in [-0.4, -0.2) is 22.2 Å². The van der Waals surface area contributed by atoms with Crippen LogP contribution >= 0.6 is 0 Å². The molecule has 158 valence electrons. The molecule has 4 nitrogen and oxygen atoms in total. The summed E-state index contributed by atoms with van der Waals surface area (Å²) < 4.78 is 0. The van der Waals surface area contributed by atoms with Gasteiger partial charge in [0.2, 0.25) is 0 Å². The molecule has 0 spiro atoms. The number of benzene rings is 1. The number of aliphatic carboxylic acids is 2. The van der Waals surface area contributed by atoms with E-state index in [9.17, 15) is 14.7 Å². The number of carboxylic acids is 2. The monoisotopic (exact) mass is 390 g/mol. The highest BCUT2D eigenvalue weighted by Gasteiger charge is 2.78. The van der Waals surface area contributed by atoms with Gasteiger partial charge in [-0.3, -0.25) is 9.59 Å². The fourth-order valence-corrected chi connectivity index (χ4v) is 5.03. The summed E-state index contributed by atoms with van der Waals surface area (Å²) in [6.45, 7) is 12.8. The standard InChI is InChI=1S/C20H30O2.C4H8O2/c1-14(2)11-12-19(15(3)4)16(5)20(19,18(21)22)13-17-9-7-6-8-10-17;1-2-3-4(5)6/h6-10,14-16H,11-13H2,1-5H3,(H,21,22);2-3H2,1H3,(H,5,6). The van der Waals surface area contributed by atoms with E-state index >= 15 is 0 Å². The van der Waals surface area contributed by atoms with Gasteiger partial charge in [-0.15, -0.1) is 0 Å². The van der Waals surface area contributed by atoms with Crippen molar-refractivity contribution in [1.82, 2.24) is 0 Å². The lowest BCUT2D eigenvalue weighted by Gasteiger charge is -2.28. The van der Waals surface area contributed by atoms with E-state index in [-0.39, 0.29) is 11.3 Å². The van der Waals surface area contributed by atoms with Crippen molar-refractivity contribution in [3.8, 4) is 0 Å². The highest BCUT2D eigenvalue weighted by molar-refractivity contribution is 5.81. The predicted octanol–water partition coefficient (Wildman–Crippen LogP) is 5.90. The van der Waals surface area contributed by atoms with E-state index in [1.165, 1.54) is 0 Å². The molecule has 3 unspecified atom stereocenters. The van der Waals surface area contributed by atoms with Crippen LogP contribution in [0.15, 0.2) is 30.3 Å². The molecule has 28 heavy (non-hydrogen) atoms. The van der Waals surface area contributed by atoms with E-state index in [1.807, 2.05) is 25.1 Å². The lowest BCUT2D eigenvalue weighted by molar-refractivity contribution is -0.146. The fourth-order valence-electron chi connectivity index (χ4n) is 5.03. The SMILES string of the molecule is CC(C)CCC1(C(C)C)C(C)C1(Cc1ccccc1)C(=O)O.CCCC(=O)O. The van der Waals surface area contributed by atoms with Gasteiger partial charge in [-0.2, -0.15) is 0 Å². The van der Waals surface area contributed by atoms with Crippen LogP contribution in [0.4, 0.5) is 0 Å². The molecule has 1 aliphatic carbocycles. The van der Waals surface area contributed by atoms with Crippen molar-refractivity contribution in [1.29, 1.82) is 0 Å². The van der Waals surface area contributed by atoms with Gasteiger partial charge in [0.1, 0.15) is 0 Å². The zero-order valence-electron chi connectivity index (χ0n) is 18.4.